The van der Waals surface area contributed by atoms with Crippen LogP contribution < -0.4 is 10.2 Å². The van der Waals surface area contributed by atoms with Crippen molar-refractivity contribution in [3.8, 4) is 10.7 Å². The number of thiazole rings is 1. The molecular weight excluding hydrogens is 400 g/mol. The highest BCUT2D eigenvalue weighted by molar-refractivity contribution is 7.19. The van der Waals surface area contributed by atoms with Gasteiger partial charge in [-0.25, -0.2) is 24.9 Å². The van der Waals surface area contributed by atoms with Crippen LogP contribution in [0.15, 0.2) is 30.7 Å². The molecule has 0 saturated heterocycles. The summed E-state index contributed by atoms with van der Waals surface area (Å²) >= 11 is 1.36. The molecule has 0 aromatic carbocycles. The van der Waals surface area contributed by atoms with E-state index in [1.165, 1.54) is 23.2 Å². The van der Waals surface area contributed by atoms with Gasteiger partial charge in [-0.05, 0) is 26.8 Å². The maximum atomic E-state index is 11.5. The normalized spacial score (nSPS) is 11.3. The molecule has 4 aromatic heterocycles. The lowest BCUT2D eigenvalue weighted by Gasteiger charge is -2.11. The first-order valence-electron chi connectivity index (χ1n) is 9.48. The van der Waals surface area contributed by atoms with Gasteiger partial charge in [-0.15, -0.1) is 0 Å². The van der Waals surface area contributed by atoms with Crippen molar-refractivity contribution in [2.45, 2.75) is 33.7 Å². The summed E-state index contributed by atoms with van der Waals surface area (Å²) in [4.78, 5) is 36.1. The predicted octanol–water partition coefficient (Wildman–Crippen LogP) is 3.96. The van der Waals surface area contributed by atoms with Crippen molar-refractivity contribution in [3.05, 3.63) is 36.5 Å². The first-order valence-corrected chi connectivity index (χ1v) is 10.3. The van der Waals surface area contributed by atoms with Gasteiger partial charge in [0.2, 0.25) is 5.91 Å². The molecule has 4 rings (SSSR count). The second-order valence-electron chi connectivity index (χ2n) is 7.16. The van der Waals surface area contributed by atoms with Crippen molar-refractivity contribution < 1.29 is 4.79 Å². The highest BCUT2D eigenvalue weighted by Crippen LogP contribution is 2.29. The predicted molar refractivity (Wildman–Crippen MR) is 118 cm³/mol. The molecule has 30 heavy (non-hydrogen) atoms. The number of pyridine rings is 1. The summed E-state index contributed by atoms with van der Waals surface area (Å²) < 4.78 is 2.18. The summed E-state index contributed by atoms with van der Waals surface area (Å²) in [5, 5.41) is 3.85. The molecule has 0 fully saturated rings. The molecule has 0 aliphatic rings. The number of imidazole rings is 1. The van der Waals surface area contributed by atoms with Crippen LogP contribution in [0.1, 0.15) is 32.6 Å². The number of nitrogens with zero attached hydrogens (tertiary/aromatic N) is 7. The number of rotatable bonds is 5. The average Bonchev–Trinajstić information content (AvgIpc) is 3.31. The van der Waals surface area contributed by atoms with E-state index in [2.05, 4.69) is 48.7 Å². The van der Waals surface area contributed by atoms with E-state index in [0.717, 1.165) is 21.7 Å². The van der Waals surface area contributed by atoms with Crippen LogP contribution in [0.4, 0.5) is 16.8 Å². The number of anilines is 3. The van der Waals surface area contributed by atoms with Gasteiger partial charge in [-0.2, -0.15) is 0 Å². The fourth-order valence-corrected chi connectivity index (χ4v) is 4.04. The van der Waals surface area contributed by atoms with E-state index >= 15 is 0 Å². The molecule has 4 heterocycles. The van der Waals surface area contributed by atoms with E-state index in [4.69, 9.17) is 0 Å². The Morgan fingerprint density at radius 2 is 1.97 bits per heavy atom. The molecule has 10 heteroatoms. The lowest BCUT2D eigenvalue weighted by Crippen LogP contribution is -2.22. The topological polar surface area (TPSA) is 102 Å². The van der Waals surface area contributed by atoms with E-state index in [1.807, 2.05) is 13.0 Å². The maximum absolute atomic E-state index is 11.5. The molecule has 0 aliphatic heterocycles. The minimum Gasteiger partial charge on any atom is -0.326 e. The van der Waals surface area contributed by atoms with Gasteiger partial charge in [-0.3, -0.25) is 9.69 Å². The fourth-order valence-electron chi connectivity index (χ4n) is 3.18. The summed E-state index contributed by atoms with van der Waals surface area (Å²) in [7, 11) is 1.69. The Kier molecular flexibility index (Phi) is 5.17. The zero-order valence-electron chi connectivity index (χ0n) is 17.4. The summed E-state index contributed by atoms with van der Waals surface area (Å²) in [6, 6.07) is 4.05. The second-order valence-corrected chi connectivity index (χ2v) is 8.17. The van der Waals surface area contributed by atoms with Gasteiger partial charge in [0.1, 0.15) is 23.0 Å². The average molecular weight is 423 g/mol. The quantitative estimate of drug-likeness (QED) is 0.519. The van der Waals surface area contributed by atoms with Crippen LogP contribution in [-0.2, 0) is 4.79 Å². The van der Waals surface area contributed by atoms with Crippen LogP contribution in [0.5, 0.6) is 0 Å². The van der Waals surface area contributed by atoms with E-state index in [0.29, 0.717) is 28.6 Å². The maximum Gasteiger partial charge on any atom is 0.225 e. The first-order chi connectivity index (χ1) is 14.3. The number of hydrogen-bond acceptors (Lipinski definition) is 8. The molecule has 0 saturated carbocycles. The number of carbonyl (C=O) groups is 1. The largest absolute Gasteiger partial charge is 0.326 e. The number of nitrogens with one attached hydrogen (secondary N) is 1. The van der Waals surface area contributed by atoms with Crippen molar-refractivity contribution in [2.24, 2.45) is 0 Å². The van der Waals surface area contributed by atoms with Gasteiger partial charge in [0.15, 0.2) is 11.0 Å². The molecule has 0 radical (unpaired) electrons. The number of hydrogen-bond donors (Lipinski definition) is 1. The highest BCUT2D eigenvalue weighted by Gasteiger charge is 2.14. The number of aromatic nitrogens is 6. The van der Waals surface area contributed by atoms with Gasteiger partial charge in [0.05, 0.1) is 22.8 Å². The molecule has 0 aliphatic carbocycles. The standard InChI is InChI=1S/C20H22N8OS/c1-11(2)28-12(3)24-14-9-22-18(8-15(14)28)25-17-6-7-21-19(26-17)16-10-23-20(30-16)27(5)13(4)29/h6-11H,1-5H3,(H,21,22,25,26). The van der Waals surface area contributed by atoms with E-state index < -0.39 is 0 Å². The number of fused-ring (bicyclic) bond motifs is 1. The lowest BCUT2D eigenvalue weighted by molar-refractivity contribution is -0.116. The summed E-state index contributed by atoms with van der Waals surface area (Å²) in [6.45, 7) is 7.76. The third-order valence-corrected chi connectivity index (χ3v) is 5.72. The summed E-state index contributed by atoms with van der Waals surface area (Å²) in [5.41, 5.74) is 1.88. The fraction of sp³-hybridized carbons (Fsp3) is 0.300. The molecule has 4 aromatic rings. The van der Waals surface area contributed by atoms with E-state index in [-0.39, 0.29) is 5.91 Å². The molecule has 0 bridgehead atoms. The summed E-state index contributed by atoms with van der Waals surface area (Å²) in [5.74, 6) is 2.71. The van der Waals surface area contributed by atoms with Gasteiger partial charge in [0.25, 0.3) is 0 Å². The molecule has 1 amide bonds. The van der Waals surface area contributed by atoms with Gasteiger partial charge in [0, 0.05) is 32.3 Å². The lowest BCUT2D eigenvalue weighted by atomic mass is 10.3. The Bertz CT molecular complexity index is 1230. The Labute approximate surface area is 177 Å². The minimum absolute atomic E-state index is 0.0791. The van der Waals surface area contributed by atoms with Gasteiger partial charge >= 0.3 is 0 Å². The minimum atomic E-state index is -0.0791. The van der Waals surface area contributed by atoms with Crippen LogP contribution in [0.3, 0.4) is 0 Å². The molecule has 154 valence electrons. The third kappa shape index (κ3) is 3.73. The molecule has 9 nitrogen and oxygen atoms in total. The van der Waals surface area contributed by atoms with Crippen LogP contribution in [0.25, 0.3) is 21.7 Å². The van der Waals surface area contributed by atoms with Crippen LogP contribution in [0, 0.1) is 6.92 Å². The van der Waals surface area contributed by atoms with Crippen LogP contribution in [-0.4, -0.2) is 42.4 Å². The Morgan fingerprint density at radius 3 is 2.70 bits per heavy atom. The molecule has 0 atom stereocenters. The first kappa shape index (κ1) is 19.9. The summed E-state index contributed by atoms with van der Waals surface area (Å²) in [6.07, 6.45) is 5.12. The SMILES string of the molecule is CC(=O)N(C)c1ncc(-c2nccc(Nc3cc4c(cn3)nc(C)n4C(C)C)n2)s1. The molecule has 0 spiro atoms. The van der Waals surface area contributed by atoms with Crippen molar-refractivity contribution >= 4 is 45.0 Å². The Balaban J connectivity index is 1.62. The number of carbonyl (C=O) groups excluding carboxylic acids is 1. The molecule has 1 N–H and O–H groups in total. The third-order valence-electron chi connectivity index (χ3n) is 4.65. The molecule has 0 unspecified atom stereocenters. The van der Waals surface area contributed by atoms with Crippen LogP contribution in [0.2, 0.25) is 0 Å². The van der Waals surface area contributed by atoms with Crippen molar-refractivity contribution in [1.29, 1.82) is 0 Å². The Morgan fingerprint density at radius 1 is 1.17 bits per heavy atom. The highest BCUT2D eigenvalue weighted by atomic mass is 32.1. The van der Waals surface area contributed by atoms with E-state index in [9.17, 15) is 4.79 Å². The number of amides is 1. The Hall–Kier alpha value is -3.40. The number of aryl methyl sites for hydroxylation is 1. The van der Waals surface area contributed by atoms with Gasteiger partial charge in [-0.1, -0.05) is 11.3 Å². The smallest absolute Gasteiger partial charge is 0.225 e. The van der Waals surface area contributed by atoms with Gasteiger partial charge < -0.3 is 9.88 Å². The van der Waals surface area contributed by atoms with Crippen molar-refractivity contribution in [1.82, 2.24) is 29.5 Å². The monoisotopic (exact) mass is 422 g/mol. The van der Waals surface area contributed by atoms with E-state index in [1.54, 1.807) is 31.7 Å². The van der Waals surface area contributed by atoms with Crippen LogP contribution >= 0.6 is 11.3 Å². The second kappa shape index (κ2) is 7.79. The van der Waals surface area contributed by atoms with Crippen molar-refractivity contribution in [3.63, 3.8) is 0 Å². The molecular formula is C20H22N8OS. The van der Waals surface area contributed by atoms with Crippen molar-refractivity contribution in [2.75, 3.05) is 17.3 Å². The zero-order valence-corrected chi connectivity index (χ0v) is 18.2. The zero-order chi connectivity index (χ0) is 21.4.